The Morgan fingerprint density at radius 3 is 2.85 bits per heavy atom. The number of hydrogen-bond donors (Lipinski definition) is 0. The molecule has 8 heteroatoms. The van der Waals surface area contributed by atoms with Crippen molar-refractivity contribution in [2.24, 2.45) is 0 Å². The smallest absolute Gasteiger partial charge is 0.311 e. The average molecular weight is 272 g/mol. The molecule has 0 amide bonds. The molecule has 0 saturated carbocycles. The fraction of sp³-hybridized carbons (Fsp3) is 0.0833. The van der Waals surface area contributed by atoms with Gasteiger partial charge in [-0.3, -0.25) is 10.1 Å². The van der Waals surface area contributed by atoms with Crippen LogP contribution in [0.5, 0.6) is 17.4 Å². The van der Waals surface area contributed by atoms with E-state index in [1.807, 2.05) is 6.07 Å². The maximum atomic E-state index is 10.9. The Balaban J connectivity index is 2.46. The van der Waals surface area contributed by atoms with Crippen LogP contribution in [-0.4, -0.2) is 22.2 Å². The van der Waals surface area contributed by atoms with Crippen LogP contribution in [0.25, 0.3) is 0 Å². The number of nitro benzene ring substituents is 1. The van der Waals surface area contributed by atoms with Crippen LogP contribution in [0.3, 0.4) is 0 Å². The van der Waals surface area contributed by atoms with Crippen LogP contribution in [0.15, 0.2) is 30.5 Å². The Kier molecular flexibility index (Phi) is 3.72. The van der Waals surface area contributed by atoms with Crippen molar-refractivity contribution >= 4 is 5.69 Å². The molecular weight excluding hydrogens is 264 g/mol. The second kappa shape index (κ2) is 5.62. The first-order valence-electron chi connectivity index (χ1n) is 5.37. The summed E-state index contributed by atoms with van der Waals surface area (Å²) in [6, 6.07) is 7.29. The molecule has 0 unspecified atom stereocenters. The quantitative estimate of drug-likeness (QED) is 0.618. The van der Waals surface area contributed by atoms with Crippen molar-refractivity contribution < 1.29 is 14.4 Å². The third-order valence-corrected chi connectivity index (χ3v) is 2.38. The van der Waals surface area contributed by atoms with E-state index >= 15 is 0 Å². The van der Waals surface area contributed by atoms with Gasteiger partial charge in [-0.05, 0) is 12.1 Å². The summed E-state index contributed by atoms with van der Waals surface area (Å²) in [4.78, 5) is 10.3. The highest BCUT2D eigenvalue weighted by molar-refractivity contribution is 5.52. The van der Waals surface area contributed by atoms with E-state index in [1.165, 1.54) is 37.6 Å². The Morgan fingerprint density at radius 1 is 1.40 bits per heavy atom. The Morgan fingerprint density at radius 2 is 2.20 bits per heavy atom. The van der Waals surface area contributed by atoms with Gasteiger partial charge >= 0.3 is 5.69 Å². The number of methoxy groups -OCH3 is 1. The second-order valence-electron chi connectivity index (χ2n) is 3.55. The summed E-state index contributed by atoms with van der Waals surface area (Å²) < 4.78 is 10.3. The van der Waals surface area contributed by atoms with Gasteiger partial charge in [0.1, 0.15) is 17.4 Å². The number of nitrogens with zero attached hydrogens (tertiary/aromatic N) is 4. The molecule has 2 rings (SSSR count). The molecule has 100 valence electrons. The van der Waals surface area contributed by atoms with E-state index in [-0.39, 0.29) is 22.9 Å². The van der Waals surface area contributed by atoms with E-state index in [2.05, 4.69) is 10.2 Å². The average Bonchev–Trinajstić information content (AvgIpc) is 2.47. The molecule has 0 aliphatic carbocycles. The van der Waals surface area contributed by atoms with Crippen molar-refractivity contribution in [2.45, 2.75) is 0 Å². The van der Waals surface area contributed by atoms with E-state index in [0.717, 1.165) is 0 Å². The standard InChI is InChI=1S/C12H8N4O4/c1-19-9-2-3-10(16(17)18)11(6-9)20-12-8(7-13)4-5-14-15-12/h2-6H,1H3. The van der Waals surface area contributed by atoms with E-state index < -0.39 is 4.92 Å². The second-order valence-corrected chi connectivity index (χ2v) is 3.55. The van der Waals surface area contributed by atoms with Gasteiger partial charge in [0.15, 0.2) is 0 Å². The molecule has 0 spiro atoms. The largest absolute Gasteiger partial charge is 0.497 e. The van der Waals surface area contributed by atoms with Gasteiger partial charge in [-0.15, -0.1) is 5.10 Å². The fourth-order valence-electron chi connectivity index (χ4n) is 1.44. The minimum absolute atomic E-state index is 0.0775. The van der Waals surface area contributed by atoms with Gasteiger partial charge in [0.25, 0.3) is 5.88 Å². The Bertz CT molecular complexity index is 696. The van der Waals surface area contributed by atoms with Crippen LogP contribution in [0.1, 0.15) is 5.56 Å². The number of nitriles is 1. The van der Waals surface area contributed by atoms with Gasteiger partial charge in [0, 0.05) is 12.1 Å². The summed E-state index contributed by atoms with van der Waals surface area (Å²) in [7, 11) is 1.42. The van der Waals surface area contributed by atoms with Gasteiger partial charge in [0.05, 0.1) is 18.2 Å². The minimum atomic E-state index is -0.600. The lowest BCUT2D eigenvalue weighted by Gasteiger charge is -2.07. The van der Waals surface area contributed by atoms with E-state index in [0.29, 0.717) is 5.75 Å². The molecule has 0 N–H and O–H groups in total. The lowest BCUT2D eigenvalue weighted by molar-refractivity contribution is -0.385. The summed E-state index contributed by atoms with van der Waals surface area (Å²) in [5, 5.41) is 27.1. The molecule has 0 fully saturated rings. The van der Waals surface area contributed by atoms with Crippen LogP contribution in [0.2, 0.25) is 0 Å². The molecule has 0 radical (unpaired) electrons. The molecule has 0 saturated heterocycles. The van der Waals surface area contributed by atoms with Crippen molar-refractivity contribution in [3.63, 3.8) is 0 Å². The maximum Gasteiger partial charge on any atom is 0.311 e. The van der Waals surface area contributed by atoms with Crippen molar-refractivity contribution in [2.75, 3.05) is 7.11 Å². The highest BCUT2D eigenvalue weighted by Gasteiger charge is 2.19. The predicted molar refractivity (Wildman–Crippen MR) is 66.5 cm³/mol. The number of hydrogen-bond acceptors (Lipinski definition) is 7. The third kappa shape index (κ3) is 2.62. The summed E-state index contributed by atoms with van der Waals surface area (Å²) >= 11 is 0. The van der Waals surface area contributed by atoms with Crippen molar-refractivity contribution in [3.8, 4) is 23.4 Å². The fourth-order valence-corrected chi connectivity index (χ4v) is 1.44. The molecular formula is C12H8N4O4. The van der Waals surface area contributed by atoms with Crippen molar-refractivity contribution in [1.29, 1.82) is 5.26 Å². The Labute approximate surface area is 113 Å². The zero-order valence-corrected chi connectivity index (χ0v) is 10.3. The summed E-state index contributed by atoms with van der Waals surface area (Å²) in [5.74, 6) is 0.200. The zero-order chi connectivity index (χ0) is 14.5. The number of aromatic nitrogens is 2. The molecule has 0 aliphatic heterocycles. The zero-order valence-electron chi connectivity index (χ0n) is 10.3. The molecule has 2 aromatic rings. The molecule has 0 aliphatic rings. The van der Waals surface area contributed by atoms with Gasteiger partial charge in [-0.2, -0.15) is 10.4 Å². The molecule has 8 nitrogen and oxygen atoms in total. The number of rotatable bonds is 4. The monoisotopic (exact) mass is 272 g/mol. The third-order valence-electron chi connectivity index (χ3n) is 2.38. The van der Waals surface area contributed by atoms with Crippen LogP contribution < -0.4 is 9.47 Å². The van der Waals surface area contributed by atoms with Crippen molar-refractivity contribution in [1.82, 2.24) is 10.2 Å². The highest BCUT2D eigenvalue weighted by Crippen LogP contribution is 2.34. The lowest BCUT2D eigenvalue weighted by atomic mass is 10.2. The number of benzene rings is 1. The summed E-state index contributed by atoms with van der Waals surface area (Å²) in [6.45, 7) is 0. The van der Waals surface area contributed by atoms with E-state index in [9.17, 15) is 10.1 Å². The van der Waals surface area contributed by atoms with Crippen LogP contribution in [-0.2, 0) is 0 Å². The summed E-state index contributed by atoms with van der Waals surface area (Å²) in [5.41, 5.74) is -0.141. The molecule has 0 bridgehead atoms. The van der Waals surface area contributed by atoms with Gasteiger partial charge in [-0.25, -0.2) is 0 Å². The van der Waals surface area contributed by atoms with E-state index in [1.54, 1.807) is 0 Å². The van der Waals surface area contributed by atoms with Crippen LogP contribution in [0, 0.1) is 21.4 Å². The predicted octanol–water partition coefficient (Wildman–Crippen LogP) is 2.06. The lowest BCUT2D eigenvalue weighted by Crippen LogP contribution is -1.98. The first-order valence-corrected chi connectivity index (χ1v) is 5.37. The van der Waals surface area contributed by atoms with E-state index in [4.69, 9.17) is 14.7 Å². The Hall–Kier alpha value is -3.21. The minimum Gasteiger partial charge on any atom is -0.497 e. The molecule has 1 heterocycles. The normalized spacial score (nSPS) is 9.60. The first-order chi connectivity index (χ1) is 9.65. The number of nitro groups is 1. The van der Waals surface area contributed by atoms with Gasteiger partial charge in [-0.1, -0.05) is 0 Å². The molecule has 0 atom stereocenters. The highest BCUT2D eigenvalue weighted by atomic mass is 16.6. The van der Waals surface area contributed by atoms with Crippen molar-refractivity contribution in [3.05, 3.63) is 46.1 Å². The number of ether oxygens (including phenoxy) is 2. The van der Waals surface area contributed by atoms with Crippen LogP contribution in [0.4, 0.5) is 5.69 Å². The SMILES string of the molecule is COc1ccc([N+](=O)[O-])c(Oc2nnccc2C#N)c1. The van der Waals surface area contributed by atoms with Gasteiger partial charge in [0.2, 0.25) is 5.75 Å². The van der Waals surface area contributed by atoms with Gasteiger partial charge < -0.3 is 9.47 Å². The molecule has 1 aromatic heterocycles. The topological polar surface area (TPSA) is 111 Å². The summed E-state index contributed by atoms with van der Waals surface area (Å²) in [6.07, 6.45) is 1.32. The molecule has 1 aromatic carbocycles. The van der Waals surface area contributed by atoms with Crippen LogP contribution >= 0.6 is 0 Å². The maximum absolute atomic E-state index is 10.9. The molecule has 20 heavy (non-hydrogen) atoms. The first kappa shape index (κ1) is 13.2.